The van der Waals surface area contributed by atoms with E-state index in [0.29, 0.717) is 5.75 Å². The van der Waals surface area contributed by atoms with Crippen molar-refractivity contribution in [3.63, 3.8) is 0 Å². The molecule has 0 unspecified atom stereocenters. The first-order valence-electron chi connectivity index (χ1n) is 8.09. The molecule has 3 rings (SSSR count). The van der Waals surface area contributed by atoms with Crippen LogP contribution < -0.4 is 0 Å². The summed E-state index contributed by atoms with van der Waals surface area (Å²) in [5.41, 5.74) is 2.14. The molecule has 2 aromatic carbocycles. The Hall–Kier alpha value is -2.53. The van der Waals surface area contributed by atoms with Crippen LogP contribution in [-0.2, 0) is 15.3 Å². The van der Waals surface area contributed by atoms with Gasteiger partial charge in [0.05, 0.1) is 6.04 Å². The van der Waals surface area contributed by atoms with Crippen LogP contribution in [0.3, 0.4) is 0 Å². The highest BCUT2D eigenvalue weighted by atomic mass is 32.2. The summed E-state index contributed by atoms with van der Waals surface area (Å²) in [6.45, 7) is 0.255. The van der Waals surface area contributed by atoms with Crippen LogP contribution in [0.2, 0.25) is 0 Å². The van der Waals surface area contributed by atoms with Crippen molar-refractivity contribution in [3.8, 4) is 0 Å². The van der Waals surface area contributed by atoms with Crippen molar-refractivity contribution in [2.75, 3.05) is 12.4 Å². The number of hydrogen-bond acceptors (Lipinski definition) is 4. The summed E-state index contributed by atoms with van der Waals surface area (Å²) >= 11 is 1.69. The lowest BCUT2D eigenvalue weighted by atomic mass is 10.2. The smallest absolute Gasteiger partial charge is 0.417 e. The van der Waals surface area contributed by atoms with Crippen LogP contribution in [0.5, 0.6) is 0 Å². The molecule has 0 N–H and O–H groups in total. The Morgan fingerprint density at radius 3 is 2.52 bits per heavy atom. The van der Waals surface area contributed by atoms with Crippen molar-refractivity contribution in [1.82, 2.24) is 4.90 Å². The molecule has 5 heteroatoms. The Bertz CT molecular complexity index is 746. The molecule has 1 atom stereocenters. The first-order valence-corrected chi connectivity index (χ1v) is 9.24. The zero-order valence-electron chi connectivity index (χ0n) is 13.7. The molecular weight excluding hydrogens is 334 g/mol. The molecule has 1 aliphatic rings. The van der Waals surface area contributed by atoms with Crippen molar-refractivity contribution >= 4 is 29.8 Å². The predicted octanol–water partition coefficient (Wildman–Crippen LogP) is 3.98. The van der Waals surface area contributed by atoms with Crippen LogP contribution in [0.25, 0.3) is 6.08 Å². The van der Waals surface area contributed by atoms with Crippen LogP contribution >= 0.6 is 11.8 Å². The van der Waals surface area contributed by atoms with Gasteiger partial charge in [-0.25, -0.2) is 9.69 Å². The average Bonchev–Trinajstić information content (AvgIpc) is 3.02. The average molecular weight is 353 g/mol. The Morgan fingerprint density at radius 2 is 1.80 bits per heavy atom. The Kier molecular flexibility index (Phi) is 5.90. The third-order valence-electron chi connectivity index (χ3n) is 3.84. The van der Waals surface area contributed by atoms with Gasteiger partial charge in [-0.05, 0) is 17.2 Å². The summed E-state index contributed by atoms with van der Waals surface area (Å²) in [6.07, 6.45) is 2.58. The Morgan fingerprint density at radius 1 is 1.12 bits per heavy atom. The molecule has 0 spiro atoms. The number of ether oxygens (including phenoxy) is 1. The number of thioether (sulfide) groups is 1. The highest BCUT2D eigenvalue weighted by Crippen LogP contribution is 2.20. The van der Waals surface area contributed by atoms with Gasteiger partial charge in [-0.2, -0.15) is 11.8 Å². The maximum atomic E-state index is 12.4. The second-order valence-electron chi connectivity index (χ2n) is 5.68. The summed E-state index contributed by atoms with van der Waals surface area (Å²) in [4.78, 5) is 25.5. The van der Waals surface area contributed by atoms with E-state index in [9.17, 15) is 9.59 Å². The minimum atomic E-state index is -0.562. The molecule has 128 valence electrons. The summed E-state index contributed by atoms with van der Waals surface area (Å²) in [5, 5.41) is 0. The maximum absolute atomic E-state index is 12.4. The molecular formula is C20H19NO3S. The molecule has 1 aliphatic heterocycles. The normalized spacial score (nSPS) is 17.0. The fraction of sp³-hybridized carbons (Fsp3) is 0.200. The van der Waals surface area contributed by atoms with Crippen LogP contribution in [-0.4, -0.2) is 35.3 Å². The van der Waals surface area contributed by atoms with Crippen LogP contribution in [0, 0.1) is 0 Å². The molecule has 1 heterocycles. The number of imide groups is 1. The number of hydrogen-bond donors (Lipinski definition) is 0. The molecule has 0 saturated carbocycles. The summed E-state index contributed by atoms with van der Waals surface area (Å²) in [5.74, 6) is 1.16. The third kappa shape index (κ3) is 4.73. The number of rotatable bonds is 6. The Balaban J connectivity index is 1.57. The number of amides is 2. The van der Waals surface area contributed by atoms with E-state index in [-0.39, 0.29) is 18.6 Å². The molecule has 0 aliphatic carbocycles. The topological polar surface area (TPSA) is 46.6 Å². The molecule has 0 aromatic heterocycles. The van der Waals surface area contributed by atoms with E-state index < -0.39 is 6.09 Å². The first kappa shape index (κ1) is 17.3. The van der Waals surface area contributed by atoms with E-state index in [0.717, 1.165) is 11.3 Å². The molecule has 1 fully saturated rings. The van der Waals surface area contributed by atoms with E-state index in [1.807, 2.05) is 48.5 Å². The van der Waals surface area contributed by atoms with Gasteiger partial charge in [0.2, 0.25) is 0 Å². The number of benzene rings is 2. The second kappa shape index (κ2) is 8.53. The van der Waals surface area contributed by atoms with Crippen molar-refractivity contribution in [2.45, 2.75) is 11.8 Å². The van der Waals surface area contributed by atoms with E-state index in [1.165, 1.54) is 16.5 Å². The lowest BCUT2D eigenvalue weighted by Crippen LogP contribution is -2.39. The lowest BCUT2D eigenvalue weighted by molar-refractivity contribution is -0.123. The minimum absolute atomic E-state index is 0.228. The van der Waals surface area contributed by atoms with Gasteiger partial charge in [-0.3, -0.25) is 4.79 Å². The van der Waals surface area contributed by atoms with E-state index in [2.05, 4.69) is 12.1 Å². The number of nitrogens with zero attached hydrogens (tertiary/aromatic N) is 1. The zero-order chi connectivity index (χ0) is 17.5. The van der Waals surface area contributed by atoms with Gasteiger partial charge in [-0.1, -0.05) is 60.7 Å². The SMILES string of the molecule is O=C(/C=C/c1ccccc1)N1C(=O)OC[C@@H]1CSCc1ccccc1. The fourth-order valence-electron chi connectivity index (χ4n) is 2.55. The monoisotopic (exact) mass is 353 g/mol. The zero-order valence-corrected chi connectivity index (χ0v) is 14.5. The van der Waals surface area contributed by atoms with Crippen LogP contribution in [0.4, 0.5) is 4.79 Å². The molecule has 2 aromatic rings. The van der Waals surface area contributed by atoms with Gasteiger partial charge < -0.3 is 4.74 Å². The van der Waals surface area contributed by atoms with Crippen LogP contribution in [0.15, 0.2) is 66.7 Å². The van der Waals surface area contributed by atoms with Crippen molar-refractivity contribution in [3.05, 3.63) is 77.9 Å². The van der Waals surface area contributed by atoms with Gasteiger partial charge in [0.25, 0.3) is 5.91 Å². The number of carbonyl (C=O) groups is 2. The van der Waals surface area contributed by atoms with Crippen molar-refractivity contribution in [2.24, 2.45) is 0 Å². The van der Waals surface area contributed by atoms with Crippen molar-refractivity contribution in [1.29, 1.82) is 0 Å². The summed E-state index contributed by atoms with van der Waals surface area (Å²) in [7, 11) is 0. The lowest BCUT2D eigenvalue weighted by Gasteiger charge is -2.17. The molecule has 1 saturated heterocycles. The third-order valence-corrected chi connectivity index (χ3v) is 5.00. The van der Waals surface area contributed by atoms with Gasteiger partial charge in [-0.15, -0.1) is 0 Å². The van der Waals surface area contributed by atoms with E-state index in [4.69, 9.17) is 4.74 Å². The number of cyclic esters (lactones) is 1. The molecule has 4 nitrogen and oxygen atoms in total. The number of carbonyl (C=O) groups excluding carboxylic acids is 2. The van der Waals surface area contributed by atoms with Gasteiger partial charge in [0.1, 0.15) is 6.61 Å². The molecule has 2 amide bonds. The molecule has 25 heavy (non-hydrogen) atoms. The van der Waals surface area contributed by atoms with Gasteiger partial charge in [0, 0.05) is 17.6 Å². The quantitative estimate of drug-likeness (QED) is 0.737. The molecule has 0 radical (unpaired) electrons. The largest absolute Gasteiger partial charge is 0.447 e. The first-order chi connectivity index (χ1) is 12.2. The maximum Gasteiger partial charge on any atom is 0.417 e. The van der Waals surface area contributed by atoms with Gasteiger partial charge in [0.15, 0.2) is 0 Å². The van der Waals surface area contributed by atoms with Gasteiger partial charge >= 0.3 is 6.09 Å². The minimum Gasteiger partial charge on any atom is -0.447 e. The summed E-state index contributed by atoms with van der Waals surface area (Å²) < 4.78 is 5.07. The summed E-state index contributed by atoms with van der Waals surface area (Å²) in [6, 6.07) is 19.4. The predicted molar refractivity (Wildman–Crippen MR) is 100 cm³/mol. The fourth-order valence-corrected chi connectivity index (χ4v) is 3.62. The Labute approximate surface area is 151 Å². The van der Waals surface area contributed by atoms with Crippen LogP contribution in [0.1, 0.15) is 11.1 Å². The van der Waals surface area contributed by atoms with Crippen molar-refractivity contribution < 1.29 is 14.3 Å². The highest BCUT2D eigenvalue weighted by molar-refractivity contribution is 7.98. The second-order valence-corrected chi connectivity index (χ2v) is 6.71. The molecule has 0 bridgehead atoms. The van der Waals surface area contributed by atoms with E-state index >= 15 is 0 Å². The highest BCUT2D eigenvalue weighted by Gasteiger charge is 2.36. The van der Waals surface area contributed by atoms with E-state index in [1.54, 1.807) is 17.8 Å². The standard InChI is InChI=1S/C20H19NO3S/c22-19(12-11-16-7-3-1-4-8-16)21-18(13-24-20(21)23)15-25-14-17-9-5-2-6-10-17/h1-12,18H,13-15H2/b12-11+/t18-/m1/s1.